The maximum Gasteiger partial charge on any atom is 0.340 e. The minimum absolute atomic E-state index is 0.0528. The Morgan fingerprint density at radius 3 is 2.65 bits per heavy atom. The number of carboxylic acid groups (broad SMARTS) is 1. The molecule has 0 aliphatic carbocycles. The van der Waals surface area contributed by atoms with Gasteiger partial charge in [0.15, 0.2) is 0 Å². The number of carbonyl (C=O) groups is 1. The van der Waals surface area contributed by atoms with Gasteiger partial charge in [0.2, 0.25) is 0 Å². The van der Waals surface area contributed by atoms with Crippen molar-refractivity contribution in [3.63, 3.8) is 0 Å². The topological polar surface area (TPSA) is 49.3 Å². The van der Waals surface area contributed by atoms with Crippen molar-refractivity contribution in [2.45, 2.75) is 46.5 Å². The Kier molecular flexibility index (Phi) is 5.99. The van der Waals surface area contributed by atoms with Crippen LogP contribution in [0.25, 0.3) is 0 Å². The zero-order valence-corrected chi connectivity index (χ0v) is 12.5. The van der Waals surface area contributed by atoms with Gasteiger partial charge in [-0.2, -0.15) is 0 Å². The van der Waals surface area contributed by atoms with E-state index >= 15 is 0 Å². The fourth-order valence-electron chi connectivity index (χ4n) is 2.17. The van der Waals surface area contributed by atoms with E-state index in [9.17, 15) is 9.18 Å². The average Bonchev–Trinajstić information content (AvgIpc) is 2.36. The Hall–Kier alpha value is -1.58. The number of nitrogens with one attached hydrogen (secondary N) is 1. The molecule has 0 spiro atoms. The van der Waals surface area contributed by atoms with Gasteiger partial charge in [-0.25, -0.2) is 9.18 Å². The van der Waals surface area contributed by atoms with Crippen molar-refractivity contribution in [2.75, 3.05) is 11.9 Å². The summed E-state index contributed by atoms with van der Waals surface area (Å²) >= 11 is 0. The molecule has 0 saturated heterocycles. The zero-order chi connectivity index (χ0) is 15.2. The van der Waals surface area contributed by atoms with Crippen molar-refractivity contribution in [1.82, 2.24) is 0 Å². The molecule has 0 unspecified atom stereocenters. The van der Waals surface area contributed by atoms with Crippen molar-refractivity contribution in [3.05, 3.63) is 29.6 Å². The highest BCUT2D eigenvalue weighted by atomic mass is 19.1. The summed E-state index contributed by atoms with van der Waals surface area (Å²) in [5.41, 5.74) is 0.120. The SMILES string of the molecule is CCCCCC(C)(C)CNc1cccc(F)c1C(=O)O. The molecule has 2 N–H and O–H groups in total. The molecule has 4 heteroatoms. The van der Waals surface area contributed by atoms with E-state index in [1.165, 1.54) is 25.0 Å². The minimum Gasteiger partial charge on any atom is -0.478 e. The first-order chi connectivity index (χ1) is 9.37. The summed E-state index contributed by atoms with van der Waals surface area (Å²) in [7, 11) is 0. The lowest BCUT2D eigenvalue weighted by Gasteiger charge is -2.26. The van der Waals surface area contributed by atoms with Gasteiger partial charge >= 0.3 is 5.97 Å². The number of rotatable bonds is 8. The summed E-state index contributed by atoms with van der Waals surface area (Å²) in [6.07, 6.45) is 4.59. The second kappa shape index (κ2) is 7.27. The third-order valence-electron chi connectivity index (χ3n) is 3.44. The lowest BCUT2D eigenvalue weighted by atomic mass is 9.86. The lowest BCUT2D eigenvalue weighted by molar-refractivity contribution is 0.0693. The number of halogens is 1. The van der Waals surface area contributed by atoms with Crippen molar-refractivity contribution in [3.8, 4) is 0 Å². The number of aromatic carboxylic acids is 1. The van der Waals surface area contributed by atoms with E-state index < -0.39 is 11.8 Å². The molecule has 0 atom stereocenters. The lowest BCUT2D eigenvalue weighted by Crippen LogP contribution is -2.24. The number of benzene rings is 1. The Labute approximate surface area is 120 Å². The van der Waals surface area contributed by atoms with E-state index in [1.54, 1.807) is 6.07 Å². The van der Waals surface area contributed by atoms with Crippen molar-refractivity contribution in [1.29, 1.82) is 0 Å². The molecular weight excluding hydrogens is 257 g/mol. The smallest absolute Gasteiger partial charge is 0.340 e. The molecule has 0 bridgehead atoms. The van der Waals surface area contributed by atoms with Crippen LogP contribution in [0.5, 0.6) is 0 Å². The summed E-state index contributed by atoms with van der Waals surface area (Å²) < 4.78 is 13.5. The van der Waals surface area contributed by atoms with Crippen LogP contribution in [0.3, 0.4) is 0 Å². The molecule has 1 aromatic rings. The molecule has 0 saturated carbocycles. The molecule has 0 heterocycles. The third-order valence-corrected chi connectivity index (χ3v) is 3.44. The summed E-state index contributed by atoms with van der Waals surface area (Å²) in [4.78, 5) is 11.1. The molecule has 1 rings (SSSR count). The van der Waals surface area contributed by atoms with Gasteiger partial charge in [0, 0.05) is 6.54 Å². The maximum absolute atomic E-state index is 13.5. The fraction of sp³-hybridized carbons (Fsp3) is 0.562. The molecular formula is C16H24FNO2. The van der Waals surface area contributed by atoms with Gasteiger partial charge in [-0.1, -0.05) is 46.1 Å². The molecule has 0 aliphatic rings. The van der Waals surface area contributed by atoms with Crippen LogP contribution >= 0.6 is 0 Å². The molecule has 20 heavy (non-hydrogen) atoms. The number of unbranched alkanes of at least 4 members (excludes halogenated alkanes) is 2. The monoisotopic (exact) mass is 281 g/mol. The van der Waals surface area contributed by atoms with Crippen LogP contribution in [0.1, 0.15) is 56.8 Å². The Morgan fingerprint density at radius 2 is 2.05 bits per heavy atom. The van der Waals surface area contributed by atoms with Crippen molar-refractivity contribution < 1.29 is 14.3 Å². The quantitative estimate of drug-likeness (QED) is 0.688. The summed E-state index contributed by atoms with van der Waals surface area (Å²) in [5, 5.41) is 12.2. The molecule has 0 fully saturated rings. The first kappa shape index (κ1) is 16.5. The maximum atomic E-state index is 13.5. The van der Waals surface area contributed by atoms with Crippen LogP contribution in [-0.2, 0) is 0 Å². The molecule has 0 radical (unpaired) electrons. The van der Waals surface area contributed by atoms with Crippen molar-refractivity contribution in [2.24, 2.45) is 5.41 Å². The molecule has 3 nitrogen and oxygen atoms in total. The van der Waals surface area contributed by atoms with Crippen LogP contribution < -0.4 is 5.32 Å². The van der Waals surface area contributed by atoms with Gasteiger partial charge in [0.25, 0.3) is 0 Å². The average molecular weight is 281 g/mol. The van der Waals surface area contributed by atoms with E-state index in [-0.39, 0.29) is 11.0 Å². The fourth-order valence-corrected chi connectivity index (χ4v) is 2.17. The van der Waals surface area contributed by atoms with E-state index in [0.29, 0.717) is 12.2 Å². The minimum atomic E-state index is -1.24. The Balaban J connectivity index is 2.70. The molecule has 1 aromatic carbocycles. The van der Waals surface area contributed by atoms with E-state index in [4.69, 9.17) is 5.11 Å². The van der Waals surface area contributed by atoms with Crippen LogP contribution in [0.15, 0.2) is 18.2 Å². The standard InChI is InChI=1S/C16H24FNO2/c1-4-5-6-10-16(2,3)11-18-13-9-7-8-12(17)14(13)15(19)20/h7-9,18H,4-6,10-11H2,1-3H3,(H,19,20). The number of anilines is 1. The van der Waals surface area contributed by atoms with Gasteiger partial charge in [0.1, 0.15) is 11.4 Å². The van der Waals surface area contributed by atoms with Gasteiger partial charge in [-0.15, -0.1) is 0 Å². The highest BCUT2D eigenvalue weighted by Crippen LogP contribution is 2.26. The summed E-state index contributed by atoms with van der Waals surface area (Å²) in [6.45, 7) is 7.06. The molecule has 0 aliphatic heterocycles. The van der Waals surface area contributed by atoms with E-state index in [2.05, 4.69) is 26.1 Å². The van der Waals surface area contributed by atoms with Gasteiger partial charge in [-0.05, 0) is 24.0 Å². The molecule has 112 valence electrons. The number of hydrogen-bond acceptors (Lipinski definition) is 2. The van der Waals surface area contributed by atoms with Gasteiger partial charge in [-0.3, -0.25) is 0 Å². The molecule has 0 aromatic heterocycles. The Morgan fingerprint density at radius 1 is 1.35 bits per heavy atom. The number of hydrogen-bond donors (Lipinski definition) is 2. The third kappa shape index (κ3) is 4.83. The van der Waals surface area contributed by atoms with E-state index in [1.807, 2.05) is 0 Å². The zero-order valence-electron chi connectivity index (χ0n) is 12.5. The predicted octanol–water partition coefficient (Wildman–Crippen LogP) is 4.54. The first-order valence-corrected chi connectivity index (χ1v) is 7.13. The van der Waals surface area contributed by atoms with Gasteiger partial charge < -0.3 is 10.4 Å². The highest BCUT2D eigenvalue weighted by Gasteiger charge is 2.20. The van der Waals surface area contributed by atoms with Crippen LogP contribution in [0.2, 0.25) is 0 Å². The second-order valence-corrected chi connectivity index (χ2v) is 5.94. The van der Waals surface area contributed by atoms with Crippen LogP contribution in [0.4, 0.5) is 10.1 Å². The van der Waals surface area contributed by atoms with Crippen molar-refractivity contribution >= 4 is 11.7 Å². The van der Waals surface area contributed by atoms with Crippen LogP contribution in [-0.4, -0.2) is 17.6 Å². The number of carboxylic acids is 1. The second-order valence-electron chi connectivity index (χ2n) is 5.94. The molecule has 0 amide bonds. The summed E-state index contributed by atoms with van der Waals surface area (Å²) in [6, 6.07) is 4.30. The predicted molar refractivity (Wildman–Crippen MR) is 79.8 cm³/mol. The summed E-state index contributed by atoms with van der Waals surface area (Å²) in [5.74, 6) is -1.94. The normalized spacial score (nSPS) is 11.4. The van der Waals surface area contributed by atoms with E-state index in [0.717, 1.165) is 12.8 Å². The first-order valence-electron chi connectivity index (χ1n) is 7.13. The largest absolute Gasteiger partial charge is 0.478 e. The van der Waals surface area contributed by atoms with Crippen LogP contribution in [0, 0.1) is 11.2 Å². The Bertz CT molecular complexity index is 458. The highest BCUT2D eigenvalue weighted by molar-refractivity contribution is 5.94. The van der Waals surface area contributed by atoms with Gasteiger partial charge in [0.05, 0.1) is 5.69 Å².